The first-order valence-corrected chi connectivity index (χ1v) is 10.2. The Bertz CT molecular complexity index is 716. The van der Waals surface area contributed by atoms with E-state index in [1.165, 1.54) is 11.3 Å². The summed E-state index contributed by atoms with van der Waals surface area (Å²) >= 11 is 6.29. The summed E-state index contributed by atoms with van der Waals surface area (Å²) in [5.74, 6) is -0.000962. The van der Waals surface area contributed by atoms with Crippen LogP contribution < -0.4 is 10.2 Å². The second kappa shape index (κ2) is 10.1. The van der Waals surface area contributed by atoms with Gasteiger partial charge in [0.2, 0.25) is 0 Å². The van der Waals surface area contributed by atoms with Crippen LogP contribution in [0.2, 0.25) is 5.02 Å². The molecule has 0 amide bonds. The number of rotatable bonds is 8. The molecule has 0 radical (unpaired) electrons. The summed E-state index contributed by atoms with van der Waals surface area (Å²) in [5.41, 5.74) is 3.62. The van der Waals surface area contributed by atoms with Crippen molar-refractivity contribution < 1.29 is 5.11 Å². The van der Waals surface area contributed by atoms with Crippen molar-refractivity contribution in [3.05, 3.63) is 64.7 Å². The van der Waals surface area contributed by atoms with Crippen LogP contribution in [0.5, 0.6) is 0 Å². The molecule has 2 aromatic rings. The number of likely N-dealkylation sites (N-methyl/N-ethyl adjacent to an activating group) is 1. The highest BCUT2D eigenvalue weighted by molar-refractivity contribution is 6.31. The quantitative estimate of drug-likeness (QED) is 0.728. The third-order valence-corrected chi connectivity index (χ3v) is 5.77. The molecule has 2 N–H and O–H groups in total. The molecule has 1 saturated heterocycles. The molecule has 0 aliphatic carbocycles. The third kappa shape index (κ3) is 5.23. The number of para-hydroxylation sites is 1. The molecule has 3 rings (SSSR count). The Kier molecular flexibility index (Phi) is 7.53. The van der Waals surface area contributed by atoms with E-state index in [2.05, 4.69) is 46.3 Å². The molecule has 2 aromatic carbocycles. The fraction of sp³-hybridized carbons (Fsp3) is 0.455. The van der Waals surface area contributed by atoms with Gasteiger partial charge in [0.05, 0.1) is 6.61 Å². The van der Waals surface area contributed by atoms with E-state index in [0.29, 0.717) is 11.6 Å². The van der Waals surface area contributed by atoms with Gasteiger partial charge in [0.25, 0.3) is 0 Å². The smallest absolute Gasteiger partial charge is 0.0512 e. The van der Waals surface area contributed by atoms with Crippen molar-refractivity contribution in [3.8, 4) is 0 Å². The van der Waals surface area contributed by atoms with Gasteiger partial charge >= 0.3 is 0 Å². The van der Waals surface area contributed by atoms with Crippen LogP contribution in [0.1, 0.15) is 24.0 Å². The Morgan fingerprint density at radius 3 is 2.44 bits per heavy atom. The summed E-state index contributed by atoms with van der Waals surface area (Å²) in [6.45, 7) is 9.30. The fourth-order valence-electron chi connectivity index (χ4n) is 3.73. The number of benzene rings is 2. The fourth-order valence-corrected chi connectivity index (χ4v) is 4.02. The van der Waals surface area contributed by atoms with Crippen molar-refractivity contribution in [2.75, 3.05) is 50.8 Å². The minimum Gasteiger partial charge on any atom is -0.396 e. The minimum atomic E-state index is -0.000962. The molecular weight excluding hydrogens is 358 g/mol. The molecule has 1 fully saturated rings. The van der Waals surface area contributed by atoms with E-state index in [1.54, 1.807) is 0 Å². The van der Waals surface area contributed by atoms with Crippen LogP contribution in [0, 0.1) is 0 Å². The second-order valence-electron chi connectivity index (χ2n) is 7.08. The van der Waals surface area contributed by atoms with Gasteiger partial charge in [-0.05, 0) is 29.8 Å². The first-order valence-electron chi connectivity index (χ1n) is 9.84. The Balaban J connectivity index is 1.61. The van der Waals surface area contributed by atoms with Crippen molar-refractivity contribution >= 4 is 17.3 Å². The number of halogens is 1. The topological polar surface area (TPSA) is 38.7 Å². The molecule has 1 aliphatic rings. The van der Waals surface area contributed by atoms with Gasteiger partial charge in [-0.2, -0.15) is 0 Å². The Morgan fingerprint density at radius 2 is 1.74 bits per heavy atom. The maximum atomic E-state index is 9.80. The summed E-state index contributed by atoms with van der Waals surface area (Å²) in [6, 6.07) is 16.4. The number of anilines is 1. The average molecular weight is 388 g/mol. The van der Waals surface area contributed by atoms with Crippen LogP contribution in [0.4, 0.5) is 5.69 Å². The molecule has 4 nitrogen and oxygen atoms in total. The highest BCUT2D eigenvalue weighted by Gasteiger charge is 2.18. The monoisotopic (exact) mass is 387 g/mol. The molecule has 1 atom stereocenters. The lowest BCUT2D eigenvalue weighted by Gasteiger charge is -2.36. The van der Waals surface area contributed by atoms with Gasteiger partial charge in [-0.3, -0.25) is 0 Å². The number of hydrogen-bond acceptors (Lipinski definition) is 4. The molecule has 1 unspecified atom stereocenters. The summed E-state index contributed by atoms with van der Waals surface area (Å²) in [5, 5.41) is 14.0. The van der Waals surface area contributed by atoms with E-state index >= 15 is 0 Å². The van der Waals surface area contributed by atoms with Crippen molar-refractivity contribution in [2.24, 2.45) is 0 Å². The highest BCUT2D eigenvalue weighted by atomic mass is 35.5. The van der Waals surface area contributed by atoms with E-state index in [4.69, 9.17) is 11.6 Å². The van der Waals surface area contributed by atoms with Gasteiger partial charge in [0, 0.05) is 55.9 Å². The van der Waals surface area contributed by atoms with Crippen molar-refractivity contribution in [2.45, 2.75) is 19.4 Å². The summed E-state index contributed by atoms with van der Waals surface area (Å²) in [7, 11) is 0. The first-order chi connectivity index (χ1) is 13.2. The lowest BCUT2D eigenvalue weighted by molar-refractivity contribution is 0.261. The lowest BCUT2D eigenvalue weighted by Crippen LogP contribution is -2.46. The zero-order chi connectivity index (χ0) is 19.1. The van der Waals surface area contributed by atoms with E-state index in [1.807, 2.05) is 24.3 Å². The summed E-state index contributed by atoms with van der Waals surface area (Å²) in [6.07, 6.45) is 0. The molecule has 0 bridgehead atoms. The van der Waals surface area contributed by atoms with Gasteiger partial charge in [-0.25, -0.2) is 0 Å². The first kappa shape index (κ1) is 20.2. The zero-order valence-corrected chi connectivity index (χ0v) is 16.8. The van der Waals surface area contributed by atoms with E-state index in [0.717, 1.165) is 44.8 Å². The summed E-state index contributed by atoms with van der Waals surface area (Å²) in [4.78, 5) is 4.98. The number of aliphatic hydroxyl groups excluding tert-OH is 1. The van der Waals surface area contributed by atoms with Crippen LogP contribution >= 0.6 is 11.6 Å². The van der Waals surface area contributed by atoms with Crippen LogP contribution in [0.3, 0.4) is 0 Å². The molecule has 5 heteroatoms. The van der Waals surface area contributed by atoms with Crippen LogP contribution in [0.15, 0.2) is 48.5 Å². The van der Waals surface area contributed by atoms with E-state index in [-0.39, 0.29) is 12.5 Å². The molecule has 1 aliphatic heterocycles. The highest BCUT2D eigenvalue weighted by Crippen LogP contribution is 2.25. The van der Waals surface area contributed by atoms with Gasteiger partial charge in [-0.15, -0.1) is 0 Å². The zero-order valence-electron chi connectivity index (χ0n) is 16.1. The van der Waals surface area contributed by atoms with Crippen LogP contribution in [-0.2, 0) is 6.54 Å². The molecule has 27 heavy (non-hydrogen) atoms. The SMILES string of the molecule is CCN1CCN(c2ccccc2CNCC(CO)c2ccccc2Cl)CC1. The summed E-state index contributed by atoms with van der Waals surface area (Å²) < 4.78 is 0. The molecule has 0 spiro atoms. The average Bonchev–Trinajstić information content (AvgIpc) is 2.72. The number of hydrogen-bond donors (Lipinski definition) is 2. The molecule has 0 aromatic heterocycles. The maximum absolute atomic E-state index is 9.80. The van der Waals surface area contributed by atoms with Crippen LogP contribution in [-0.4, -0.2) is 55.9 Å². The lowest BCUT2D eigenvalue weighted by atomic mass is 10.00. The van der Waals surface area contributed by atoms with Crippen molar-refractivity contribution in [1.29, 1.82) is 0 Å². The third-order valence-electron chi connectivity index (χ3n) is 5.42. The molecule has 0 saturated carbocycles. The van der Waals surface area contributed by atoms with Gasteiger partial charge in [0.1, 0.15) is 0 Å². The van der Waals surface area contributed by atoms with Crippen LogP contribution in [0.25, 0.3) is 0 Å². The molecular formula is C22H30ClN3O. The largest absolute Gasteiger partial charge is 0.396 e. The molecule has 1 heterocycles. The second-order valence-corrected chi connectivity index (χ2v) is 7.49. The Morgan fingerprint density at radius 1 is 1.04 bits per heavy atom. The maximum Gasteiger partial charge on any atom is 0.0512 e. The van der Waals surface area contributed by atoms with E-state index < -0.39 is 0 Å². The number of aliphatic hydroxyl groups is 1. The van der Waals surface area contributed by atoms with E-state index in [9.17, 15) is 5.11 Å². The number of nitrogens with one attached hydrogen (secondary N) is 1. The normalized spacial score (nSPS) is 16.5. The number of nitrogens with zero attached hydrogens (tertiary/aromatic N) is 2. The standard InChI is InChI=1S/C22H30ClN3O/c1-2-25-11-13-26(14-12-25)22-10-6-3-7-18(22)15-24-16-19(17-27)20-8-4-5-9-21(20)23/h3-10,19,24,27H,2,11-17H2,1H3. The van der Waals surface area contributed by atoms with Gasteiger partial charge in [0.15, 0.2) is 0 Å². The minimum absolute atomic E-state index is 0.000962. The molecule has 146 valence electrons. The Hall–Kier alpha value is -1.59. The van der Waals surface area contributed by atoms with Gasteiger partial charge < -0.3 is 20.2 Å². The number of piperazine rings is 1. The predicted octanol–water partition coefficient (Wildman–Crippen LogP) is 3.35. The van der Waals surface area contributed by atoms with Crippen molar-refractivity contribution in [1.82, 2.24) is 10.2 Å². The predicted molar refractivity (Wildman–Crippen MR) is 114 cm³/mol. The van der Waals surface area contributed by atoms with Crippen molar-refractivity contribution in [3.63, 3.8) is 0 Å². The van der Waals surface area contributed by atoms with Gasteiger partial charge in [-0.1, -0.05) is 54.9 Å². The Labute approximate surface area is 167 Å².